The summed E-state index contributed by atoms with van der Waals surface area (Å²) >= 11 is 0. The first-order chi connectivity index (χ1) is 9.79. The fraction of sp³-hybridized carbons (Fsp3) is 0.412. The highest BCUT2D eigenvalue weighted by Crippen LogP contribution is 2.42. The number of nitrogens with zero attached hydrogens (tertiary/aromatic N) is 2. The smallest absolute Gasteiger partial charge is 0.235 e. The van der Waals surface area contributed by atoms with Crippen LogP contribution in [0.4, 0.5) is 0 Å². The highest BCUT2D eigenvalue weighted by atomic mass is 16.1. The lowest BCUT2D eigenvalue weighted by Crippen LogP contribution is -2.18. The third-order valence-electron chi connectivity index (χ3n) is 4.45. The first-order valence-corrected chi connectivity index (χ1v) is 7.25. The Hall–Kier alpha value is -1.99. The van der Waals surface area contributed by atoms with Crippen molar-refractivity contribution in [2.24, 2.45) is 4.99 Å². The van der Waals surface area contributed by atoms with Gasteiger partial charge in [-0.1, -0.05) is 31.9 Å². The number of hydrogen-bond acceptors (Lipinski definition) is 3. The highest BCUT2D eigenvalue weighted by Gasteiger charge is 2.35. The monoisotopic (exact) mass is 266 g/mol. The number of carbonyl (C=O) groups excluding carboxylic acids is 1. The van der Waals surface area contributed by atoms with E-state index in [-0.39, 0.29) is 5.54 Å². The molecule has 3 nitrogen and oxygen atoms in total. The lowest BCUT2D eigenvalue weighted by Gasteiger charge is -2.23. The standard InChI is InChI=1S/C17H18N2O/c1-2-13-10-18-11-14-9-15(5-6-16(13)14)17(19-12-20)7-3-4-8-17/h5-6,9-11H,2-4,7-8H2,1H3. The summed E-state index contributed by atoms with van der Waals surface area (Å²) in [6.07, 6.45) is 10.7. The molecule has 1 aromatic carbocycles. The van der Waals surface area contributed by atoms with Crippen molar-refractivity contribution in [3.05, 3.63) is 41.7 Å². The molecule has 1 fully saturated rings. The Morgan fingerprint density at radius 1 is 1.30 bits per heavy atom. The van der Waals surface area contributed by atoms with Crippen LogP contribution in [0.5, 0.6) is 0 Å². The number of aromatic nitrogens is 1. The number of rotatable bonds is 3. The second-order valence-electron chi connectivity index (χ2n) is 5.53. The summed E-state index contributed by atoms with van der Waals surface area (Å²) in [5.74, 6) is 0. The number of hydrogen-bond donors (Lipinski definition) is 0. The van der Waals surface area contributed by atoms with Crippen molar-refractivity contribution in [3.63, 3.8) is 0 Å². The summed E-state index contributed by atoms with van der Waals surface area (Å²) in [6, 6.07) is 6.41. The Bertz CT molecular complexity index is 680. The van der Waals surface area contributed by atoms with Crippen LogP contribution in [-0.2, 0) is 16.8 Å². The second kappa shape index (κ2) is 5.18. The third kappa shape index (κ3) is 2.04. The van der Waals surface area contributed by atoms with Gasteiger partial charge in [0.2, 0.25) is 6.08 Å². The van der Waals surface area contributed by atoms with E-state index in [1.165, 1.54) is 10.9 Å². The minimum Gasteiger partial charge on any atom is -0.264 e. The average Bonchev–Trinajstić information content (AvgIpc) is 2.96. The molecule has 1 aliphatic carbocycles. The van der Waals surface area contributed by atoms with Crippen molar-refractivity contribution in [1.82, 2.24) is 4.98 Å². The Balaban J connectivity index is 2.15. The fourth-order valence-corrected chi connectivity index (χ4v) is 3.32. The van der Waals surface area contributed by atoms with Gasteiger partial charge >= 0.3 is 0 Å². The largest absolute Gasteiger partial charge is 0.264 e. The molecule has 1 saturated carbocycles. The molecule has 1 heterocycles. The maximum atomic E-state index is 10.8. The molecule has 1 aliphatic rings. The van der Waals surface area contributed by atoms with Crippen LogP contribution >= 0.6 is 0 Å². The minimum atomic E-state index is -0.349. The van der Waals surface area contributed by atoms with Crippen LogP contribution in [0.3, 0.4) is 0 Å². The maximum absolute atomic E-state index is 10.8. The summed E-state index contributed by atoms with van der Waals surface area (Å²) in [5.41, 5.74) is 2.03. The molecule has 3 rings (SSSR count). The van der Waals surface area contributed by atoms with Gasteiger partial charge in [-0.15, -0.1) is 0 Å². The van der Waals surface area contributed by atoms with Crippen LogP contribution in [-0.4, -0.2) is 11.1 Å². The van der Waals surface area contributed by atoms with E-state index in [0.29, 0.717) is 0 Å². The molecule has 102 valence electrons. The molecule has 3 heteroatoms. The normalized spacial score (nSPS) is 17.1. The van der Waals surface area contributed by atoms with Crippen molar-refractivity contribution in [2.75, 3.05) is 0 Å². The van der Waals surface area contributed by atoms with Crippen molar-refractivity contribution in [3.8, 4) is 0 Å². The van der Waals surface area contributed by atoms with Gasteiger partial charge in [-0.25, -0.2) is 4.79 Å². The number of isocyanates is 1. The molecule has 0 unspecified atom stereocenters. The fourth-order valence-electron chi connectivity index (χ4n) is 3.32. The van der Waals surface area contributed by atoms with Gasteiger partial charge < -0.3 is 0 Å². The lowest BCUT2D eigenvalue weighted by molar-refractivity contribution is 0.456. The number of benzene rings is 1. The predicted octanol–water partition coefficient (Wildman–Crippen LogP) is 3.90. The predicted molar refractivity (Wildman–Crippen MR) is 79.4 cm³/mol. The van der Waals surface area contributed by atoms with E-state index in [9.17, 15) is 4.79 Å². The molecule has 2 aromatic rings. The topological polar surface area (TPSA) is 42.3 Å². The first-order valence-electron chi connectivity index (χ1n) is 7.25. The van der Waals surface area contributed by atoms with Crippen LogP contribution in [0.25, 0.3) is 10.8 Å². The van der Waals surface area contributed by atoms with E-state index >= 15 is 0 Å². The lowest BCUT2D eigenvalue weighted by atomic mass is 9.87. The Morgan fingerprint density at radius 2 is 2.10 bits per heavy atom. The maximum Gasteiger partial charge on any atom is 0.235 e. The van der Waals surface area contributed by atoms with Crippen LogP contribution in [0, 0.1) is 0 Å². The van der Waals surface area contributed by atoms with Crippen LogP contribution in [0.15, 0.2) is 35.6 Å². The Morgan fingerprint density at radius 3 is 2.80 bits per heavy atom. The van der Waals surface area contributed by atoms with Gasteiger partial charge in [-0.3, -0.25) is 4.98 Å². The summed E-state index contributed by atoms with van der Waals surface area (Å²) in [5, 5.41) is 2.38. The quantitative estimate of drug-likeness (QED) is 0.624. The van der Waals surface area contributed by atoms with E-state index < -0.39 is 0 Å². The van der Waals surface area contributed by atoms with E-state index in [4.69, 9.17) is 0 Å². The zero-order valence-electron chi connectivity index (χ0n) is 11.7. The summed E-state index contributed by atoms with van der Waals surface area (Å²) in [6.45, 7) is 2.14. The van der Waals surface area contributed by atoms with Gasteiger partial charge in [0.1, 0.15) is 0 Å². The van der Waals surface area contributed by atoms with Gasteiger partial charge in [0.25, 0.3) is 0 Å². The van der Waals surface area contributed by atoms with E-state index in [1.807, 2.05) is 12.4 Å². The van der Waals surface area contributed by atoms with Crippen molar-refractivity contribution in [2.45, 2.75) is 44.6 Å². The Labute approximate surface area is 118 Å². The Kier molecular flexibility index (Phi) is 3.37. The molecular formula is C17H18N2O. The van der Waals surface area contributed by atoms with Crippen molar-refractivity contribution in [1.29, 1.82) is 0 Å². The van der Waals surface area contributed by atoms with Crippen LogP contribution < -0.4 is 0 Å². The zero-order chi connectivity index (χ0) is 14.0. The number of aliphatic imine (C=N–C) groups is 1. The first kappa shape index (κ1) is 13.0. The molecule has 0 radical (unpaired) electrons. The van der Waals surface area contributed by atoms with E-state index in [0.717, 1.165) is 43.1 Å². The van der Waals surface area contributed by atoms with Crippen LogP contribution in [0.2, 0.25) is 0 Å². The number of fused-ring (bicyclic) bond motifs is 1. The van der Waals surface area contributed by atoms with E-state index in [1.54, 1.807) is 6.08 Å². The molecule has 0 atom stereocenters. The molecule has 0 bridgehead atoms. The zero-order valence-corrected chi connectivity index (χ0v) is 11.7. The molecule has 0 N–H and O–H groups in total. The molecule has 0 spiro atoms. The minimum absolute atomic E-state index is 0.349. The molecule has 1 aromatic heterocycles. The second-order valence-corrected chi connectivity index (χ2v) is 5.53. The van der Waals surface area contributed by atoms with Gasteiger partial charge in [-0.2, -0.15) is 4.99 Å². The number of aryl methyl sites for hydroxylation is 1. The molecule has 0 amide bonds. The molecular weight excluding hydrogens is 248 g/mol. The van der Waals surface area contributed by atoms with Gasteiger partial charge in [-0.05, 0) is 41.8 Å². The van der Waals surface area contributed by atoms with Crippen molar-refractivity contribution < 1.29 is 4.79 Å². The molecule has 20 heavy (non-hydrogen) atoms. The number of pyridine rings is 1. The molecule has 0 aliphatic heterocycles. The van der Waals surface area contributed by atoms with Gasteiger partial charge in [0, 0.05) is 17.8 Å². The van der Waals surface area contributed by atoms with Crippen molar-refractivity contribution >= 4 is 16.9 Å². The highest BCUT2D eigenvalue weighted by molar-refractivity contribution is 5.85. The SMILES string of the molecule is CCc1cncc2cc(C3(N=C=O)CCCC3)ccc12. The summed E-state index contributed by atoms with van der Waals surface area (Å²) < 4.78 is 0. The molecule has 0 saturated heterocycles. The van der Waals surface area contributed by atoms with Gasteiger partial charge in [0.05, 0.1) is 5.54 Å². The third-order valence-corrected chi connectivity index (χ3v) is 4.45. The van der Waals surface area contributed by atoms with Gasteiger partial charge in [0.15, 0.2) is 0 Å². The van der Waals surface area contributed by atoms with Crippen LogP contribution in [0.1, 0.15) is 43.7 Å². The van der Waals surface area contributed by atoms with E-state index in [2.05, 4.69) is 35.1 Å². The average molecular weight is 266 g/mol. The summed E-state index contributed by atoms with van der Waals surface area (Å²) in [4.78, 5) is 19.3. The summed E-state index contributed by atoms with van der Waals surface area (Å²) in [7, 11) is 0.